The number of carbonyl (C=O) groups is 2. The van der Waals surface area contributed by atoms with Gasteiger partial charge < -0.3 is 24.6 Å². The molecule has 0 aliphatic carbocycles. The van der Waals surface area contributed by atoms with Crippen molar-refractivity contribution in [1.29, 1.82) is 0 Å². The lowest BCUT2D eigenvalue weighted by Gasteiger charge is -2.32. The first-order chi connectivity index (χ1) is 14.8. The summed E-state index contributed by atoms with van der Waals surface area (Å²) in [7, 11) is 1.62. The summed E-state index contributed by atoms with van der Waals surface area (Å²) < 4.78 is 17.7. The van der Waals surface area contributed by atoms with Crippen molar-refractivity contribution in [3.63, 3.8) is 0 Å². The molecule has 9 nitrogen and oxygen atoms in total. The number of hydrogen-bond donors (Lipinski definition) is 2. The standard InChI is InChI=1S/C23H35N3O6/c1-22(2,3)17(24-21(29)32-23(4,5)6)14-26-19(20(27)28)15-10-8-11-16(18(15)25-26)31-13-9-12-30-7/h8,10-11,17H,9,12-14H2,1-7H3,(H,24,29)(H,27,28)/t17-/m0/s1. The van der Waals surface area contributed by atoms with E-state index in [4.69, 9.17) is 14.2 Å². The third-order valence-electron chi connectivity index (χ3n) is 4.78. The van der Waals surface area contributed by atoms with Crippen LogP contribution in [0.15, 0.2) is 18.2 Å². The van der Waals surface area contributed by atoms with Crippen LogP contribution in [0.3, 0.4) is 0 Å². The zero-order valence-corrected chi connectivity index (χ0v) is 20.0. The van der Waals surface area contributed by atoms with Crippen molar-refractivity contribution in [2.75, 3.05) is 20.3 Å². The Morgan fingerprint density at radius 1 is 1.16 bits per heavy atom. The van der Waals surface area contributed by atoms with Crippen LogP contribution in [0, 0.1) is 5.41 Å². The van der Waals surface area contributed by atoms with Gasteiger partial charge in [-0.15, -0.1) is 0 Å². The lowest BCUT2D eigenvalue weighted by Crippen LogP contribution is -2.48. The van der Waals surface area contributed by atoms with E-state index in [9.17, 15) is 14.7 Å². The van der Waals surface area contributed by atoms with Gasteiger partial charge in [0.2, 0.25) is 0 Å². The Balaban J connectivity index is 2.38. The largest absolute Gasteiger partial charge is 0.491 e. The number of rotatable bonds is 9. The average Bonchev–Trinajstić information content (AvgIpc) is 3.01. The third-order valence-corrected chi connectivity index (χ3v) is 4.78. The first kappa shape index (κ1) is 25.5. The average molecular weight is 450 g/mol. The van der Waals surface area contributed by atoms with Gasteiger partial charge in [-0.25, -0.2) is 9.59 Å². The molecule has 1 aromatic carbocycles. The number of fused-ring (bicyclic) bond motifs is 1. The lowest BCUT2D eigenvalue weighted by molar-refractivity contribution is 0.0451. The number of carboxylic acids is 1. The smallest absolute Gasteiger partial charge is 0.407 e. The maximum absolute atomic E-state index is 12.4. The van der Waals surface area contributed by atoms with Gasteiger partial charge in [0.1, 0.15) is 16.9 Å². The van der Waals surface area contributed by atoms with Gasteiger partial charge >= 0.3 is 12.1 Å². The maximum Gasteiger partial charge on any atom is 0.407 e. The first-order valence-electron chi connectivity index (χ1n) is 10.7. The normalized spacial score (nSPS) is 13.1. The second-order valence-electron chi connectivity index (χ2n) is 9.75. The van der Waals surface area contributed by atoms with Crippen LogP contribution in [-0.4, -0.2) is 58.9 Å². The van der Waals surface area contributed by atoms with E-state index in [-0.39, 0.29) is 17.7 Å². The first-order valence-corrected chi connectivity index (χ1v) is 10.7. The number of benzene rings is 1. The minimum atomic E-state index is -1.10. The number of nitrogens with one attached hydrogen (secondary N) is 1. The van der Waals surface area contributed by atoms with E-state index in [0.29, 0.717) is 36.3 Å². The van der Waals surface area contributed by atoms with Gasteiger partial charge in [-0.3, -0.25) is 4.68 Å². The Morgan fingerprint density at radius 3 is 2.41 bits per heavy atom. The van der Waals surface area contributed by atoms with Crippen LogP contribution in [0.1, 0.15) is 58.5 Å². The van der Waals surface area contributed by atoms with Crippen LogP contribution >= 0.6 is 0 Å². The second-order valence-corrected chi connectivity index (χ2v) is 9.75. The van der Waals surface area contributed by atoms with Gasteiger partial charge in [0.05, 0.1) is 19.2 Å². The van der Waals surface area contributed by atoms with E-state index < -0.39 is 23.7 Å². The molecule has 0 saturated carbocycles. The predicted octanol–water partition coefficient (Wildman–Crippen LogP) is 4.09. The second kappa shape index (κ2) is 10.2. The third kappa shape index (κ3) is 6.85. The Bertz CT molecular complexity index is 940. The highest BCUT2D eigenvalue weighted by atomic mass is 16.6. The summed E-state index contributed by atoms with van der Waals surface area (Å²) >= 11 is 0. The van der Waals surface area contributed by atoms with Crippen LogP contribution in [0.4, 0.5) is 4.79 Å². The maximum atomic E-state index is 12.4. The number of carbonyl (C=O) groups excluding carboxylic acids is 1. The van der Waals surface area contributed by atoms with E-state index in [1.54, 1.807) is 46.1 Å². The highest BCUT2D eigenvalue weighted by Crippen LogP contribution is 2.29. The van der Waals surface area contributed by atoms with Crippen molar-refractivity contribution >= 4 is 23.0 Å². The quantitative estimate of drug-likeness (QED) is 0.555. The van der Waals surface area contributed by atoms with Gasteiger partial charge in [-0.1, -0.05) is 32.9 Å². The summed E-state index contributed by atoms with van der Waals surface area (Å²) in [5, 5.41) is 17.8. The molecule has 0 saturated heterocycles. The number of methoxy groups -OCH3 is 1. The molecule has 2 aromatic rings. The minimum absolute atomic E-state index is 0.0441. The number of nitrogens with zero attached hydrogens (tertiary/aromatic N) is 2. The summed E-state index contributed by atoms with van der Waals surface area (Å²) in [6.07, 6.45) is 0.138. The number of aromatic nitrogens is 2. The van der Waals surface area contributed by atoms with Crippen molar-refractivity contribution in [1.82, 2.24) is 15.1 Å². The molecule has 2 rings (SSSR count). The molecule has 1 atom stereocenters. The summed E-state index contributed by atoms with van der Waals surface area (Å²) in [5.74, 6) is -0.596. The Kier molecular flexibility index (Phi) is 8.12. The molecule has 0 spiro atoms. The molecular weight excluding hydrogens is 414 g/mol. The molecule has 0 aliphatic rings. The fraction of sp³-hybridized carbons (Fsp3) is 0.609. The molecule has 178 valence electrons. The number of ether oxygens (including phenoxy) is 3. The van der Waals surface area contributed by atoms with E-state index in [1.165, 1.54) is 4.68 Å². The molecule has 0 radical (unpaired) electrons. The number of amides is 1. The summed E-state index contributed by atoms with van der Waals surface area (Å²) in [6, 6.07) is 4.78. The molecule has 32 heavy (non-hydrogen) atoms. The topological polar surface area (TPSA) is 112 Å². The summed E-state index contributed by atoms with van der Waals surface area (Å²) in [5.41, 5.74) is -0.520. The van der Waals surface area contributed by atoms with Crippen molar-refractivity contribution in [2.24, 2.45) is 5.41 Å². The molecule has 9 heteroatoms. The highest BCUT2D eigenvalue weighted by molar-refractivity contribution is 6.03. The fourth-order valence-electron chi connectivity index (χ4n) is 3.14. The lowest BCUT2D eigenvalue weighted by atomic mass is 9.86. The minimum Gasteiger partial charge on any atom is -0.491 e. The van der Waals surface area contributed by atoms with Gasteiger partial charge in [-0.2, -0.15) is 5.10 Å². The van der Waals surface area contributed by atoms with Crippen LogP contribution in [-0.2, 0) is 16.0 Å². The molecule has 0 unspecified atom stereocenters. The molecule has 2 N–H and O–H groups in total. The van der Waals surface area contributed by atoms with Gasteiger partial charge in [0.15, 0.2) is 5.69 Å². The number of hydrogen-bond acceptors (Lipinski definition) is 6. The number of aromatic carboxylic acids is 1. The van der Waals surface area contributed by atoms with Crippen LogP contribution in [0.25, 0.3) is 10.9 Å². The van der Waals surface area contributed by atoms with Crippen molar-refractivity contribution < 1.29 is 28.9 Å². The van der Waals surface area contributed by atoms with Crippen molar-refractivity contribution in [2.45, 2.75) is 66.2 Å². The molecule has 1 heterocycles. The molecule has 1 amide bonds. The zero-order chi connectivity index (χ0) is 24.1. The Hall–Kier alpha value is -2.81. The fourth-order valence-corrected chi connectivity index (χ4v) is 3.14. The summed E-state index contributed by atoms with van der Waals surface area (Å²) in [6.45, 7) is 12.4. The van der Waals surface area contributed by atoms with Crippen LogP contribution in [0.2, 0.25) is 0 Å². The van der Waals surface area contributed by atoms with E-state index in [1.807, 2.05) is 20.8 Å². The molecule has 0 fully saturated rings. The van der Waals surface area contributed by atoms with Gasteiger partial charge in [-0.05, 0) is 32.3 Å². The molecular formula is C23H35N3O6. The zero-order valence-electron chi connectivity index (χ0n) is 20.0. The van der Waals surface area contributed by atoms with E-state index >= 15 is 0 Å². The van der Waals surface area contributed by atoms with Crippen molar-refractivity contribution in [3.8, 4) is 5.75 Å². The predicted molar refractivity (Wildman–Crippen MR) is 121 cm³/mol. The van der Waals surface area contributed by atoms with Gasteiger partial charge in [0, 0.05) is 25.5 Å². The van der Waals surface area contributed by atoms with E-state index in [2.05, 4.69) is 10.4 Å². The molecule has 0 bridgehead atoms. The molecule has 1 aromatic heterocycles. The van der Waals surface area contributed by atoms with Crippen LogP contribution in [0.5, 0.6) is 5.75 Å². The summed E-state index contributed by atoms with van der Waals surface area (Å²) in [4.78, 5) is 24.5. The Morgan fingerprint density at radius 2 is 1.84 bits per heavy atom. The SMILES string of the molecule is COCCCOc1cccc2c(C(=O)O)n(C[C@H](NC(=O)OC(C)(C)C)C(C)(C)C)nc12. The number of carboxylic acid groups (broad SMARTS) is 1. The van der Waals surface area contributed by atoms with Gasteiger partial charge in [0.25, 0.3) is 0 Å². The monoisotopic (exact) mass is 449 g/mol. The van der Waals surface area contributed by atoms with E-state index in [0.717, 1.165) is 0 Å². The number of alkyl carbamates (subject to hydrolysis) is 1. The van der Waals surface area contributed by atoms with Crippen molar-refractivity contribution in [3.05, 3.63) is 23.9 Å². The van der Waals surface area contributed by atoms with Crippen LogP contribution < -0.4 is 10.1 Å². The Labute approximate surface area is 189 Å². The molecule has 0 aliphatic heterocycles. The highest BCUT2D eigenvalue weighted by Gasteiger charge is 2.31.